The van der Waals surface area contributed by atoms with Crippen LogP contribution >= 0.6 is 0 Å². The largest absolute Gasteiger partial charge is 0.362 e. The van der Waals surface area contributed by atoms with Gasteiger partial charge in [-0.15, -0.1) is 0 Å². The van der Waals surface area contributed by atoms with Crippen molar-refractivity contribution >= 4 is 17.6 Å². The van der Waals surface area contributed by atoms with E-state index in [0.29, 0.717) is 6.54 Å². The topological polar surface area (TPSA) is 61.4 Å². The molecule has 0 saturated carbocycles. The Labute approximate surface area is 129 Å². The molecular weight excluding hydrogens is 285 g/mol. The van der Waals surface area contributed by atoms with Crippen LogP contribution in [0, 0.1) is 5.82 Å². The van der Waals surface area contributed by atoms with E-state index >= 15 is 0 Å². The first-order valence-electron chi connectivity index (χ1n) is 7.71. The van der Waals surface area contributed by atoms with Crippen LogP contribution in [0.2, 0.25) is 0 Å². The van der Waals surface area contributed by atoms with Crippen LogP contribution in [0.5, 0.6) is 0 Å². The van der Waals surface area contributed by atoms with Crippen molar-refractivity contribution in [1.82, 2.24) is 10.6 Å². The normalized spacial score (nSPS) is 13.5. The fraction of sp³-hybridized carbons (Fsp3) is 0.500. The Hall–Kier alpha value is -2.11. The molecule has 22 heavy (non-hydrogen) atoms. The molecule has 0 fully saturated rings. The lowest BCUT2D eigenvalue weighted by Crippen LogP contribution is -2.45. The Kier molecular flexibility index (Phi) is 5.75. The summed E-state index contributed by atoms with van der Waals surface area (Å²) in [7, 11) is 0. The van der Waals surface area contributed by atoms with Gasteiger partial charge in [0.1, 0.15) is 5.82 Å². The highest BCUT2D eigenvalue weighted by molar-refractivity contribution is 5.96. The summed E-state index contributed by atoms with van der Waals surface area (Å²) in [6.45, 7) is 3.41. The number of carbonyl (C=O) groups excluding carboxylic acids is 2. The number of halogens is 1. The van der Waals surface area contributed by atoms with Crippen LogP contribution in [0.3, 0.4) is 0 Å². The first-order valence-corrected chi connectivity index (χ1v) is 7.71. The van der Waals surface area contributed by atoms with Crippen LogP contribution in [0.25, 0.3) is 0 Å². The van der Waals surface area contributed by atoms with Crippen molar-refractivity contribution in [1.29, 1.82) is 0 Å². The summed E-state index contributed by atoms with van der Waals surface area (Å²) < 4.78 is 13.3. The van der Waals surface area contributed by atoms with E-state index < -0.39 is 6.03 Å². The van der Waals surface area contributed by atoms with Gasteiger partial charge >= 0.3 is 6.03 Å². The molecule has 1 aromatic rings. The molecule has 0 saturated heterocycles. The lowest BCUT2D eigenvalue weighted by Gasteiger charge is -2.30. The summed E-state index contributed by atoms with van der Waals surface area (Å²) >= 11 is 0. The fourth-order valence-electron chi connectivity index (χ4n) is 2.57. The van der Waals surface area contributed by atoms with Crippen LogP contribution in [-0.2, 0) is 11.2 Å². The molecule has 0 radical (unpaired) electrons. The highest BCUT2D eigenvalue weighted by atomic mass is 19.1. The van der Waals surface area contributed by atoms with Crippen molar-refractivity contribution in [3.63, 3.8) is 0 Å². The maximum Gasteiger partial charge on any atom is 0.321 e. The summed E-state index contributed by atoms with van der Waals surface area (Å²) in [6, 6.07) is 4.14. The molecule has 1 aliphatic rings. The number of carbonyl (C=O) groups is 2. The zero-order chi connectivity index (χ0) is 15.9. The summed E-state index contributed by atoms with van der Waals surface area (Å²) in [5.41, 5.74) is 1.78. The molecule has 0 atom stereocenters. The average molecular weight is 307 g/mol. The van der Waals surface area contributed by atoms with E-state index in [4.69, 9.17) is 0 Å². The minimum Gasteiger partial charge on any atom is -0.362 e. The molecule has 120 valence electrons. The number of hydrogen-bond acceptors (Lipinski definition) is 3. The van der Waals surface area contributed by atoms with Gasteiger partial charge in [-0.3, -0.25) is 10.1 Å². The van der Waals surface area contributed by atoms with Crippen LogP contribution in [0.15, 0.2) is 18.2 Å². The quantitative estimate of drug-likeness (QED) is 0.820. The lowest BCUT2D eigenvalue weighted by molar-refractivity contribution is -0.118. The van der Waals surface area contributed by atoms with Gasteiger partial charge in [0.05, 0.1) is 6.54 Å². The molecule has 1 heterocycles. The van der Waals surface area contributed by atoms with E-state index in [1.54, 1.807) is 6.07 Å². The molecule has 0 aliphatic carbocycles. The molecule has 0 unspecified atom stereocenters. The Morgan fingerprint density at radius 2 is 2.18 bits per heavy atom. The van der Waals surface area contributed by atoms with E-state index in [2.05, 4.69) is 10.6 Å². The minimum atomic E-state index is -0.463. The van der Waals surface area contributed by atoms with Crippen molar-refractivity contribution in [2.45, 2.75) is 32.6 Å². The predicted molar refractivity (Wildman–Crippen MR) is 83.4 cm³/mol. The average Bonchev–Trinajstić information content (AvgIpc) is 2.47. The van der Waals surface area contributed by atoms with Crippen molar-refractivity contribution < 1.29 is 14.0 Å². The highest BCUT2D eigenvalue weighted by Gasteiger charge is 2.20. The third kappa shape index (κ3) is 4.44. The number of hydrogen-bond donors (Lipinski definition) is 2. The van der Waals surface area contributed by atoms with Gasteiger partial charge in [-0.1, -0.05) is 13.3 Å². The number of nitrogens with one attached hydrogen (secondary N) is 2. The molecule has 2 N–H and O–H groups in total. The number of benzene rings is 1. The van der Waals surface area contributed by atoms with Gasteiger partial charge in [0, 0.05) is 18.8 Å². The minimum absolute atomic E-state index is 0.0971. The zero-order valence-electron chi connectivity index (χ0n) is 12.8. The van der Waals surface area contributed by atoms with E-state index in [9.17, 15) is 14.0 Å². The van der Waals surface area contributed by atoms with E-state index in [-0.39, 0.29) is 18.3 Å². The van der Waals surface area contributed by atoms with Gasteiger partial charge in [0.2, 0.25) is 5.91 Å². The second-order valence-electron chi connectivity index (χ2n) is 5.46. The third-order valence-corrected chi connectivity index (χ3v) is 3.66. The number of rotatable bonds is 5. The van der Waals surface area contributed by atoms with Crippen molar-refractivity contribution in [2.75, 3.05) is 24.5 Å². The number of anilines is 1. The monoisotopic (exact) mass is 307 g/mol. The zero-order valence-corrected chi connectivity index (χ0v) is 12.8. The summed E-state index contributed by atoms with van der Waals surface area (Å²) in [4.78, 5) is 25.4. The molecular formula is C16H22FN3O2. The molecule has 3 amide bonds. The molecule has 2 rings (SSSR count). The maximum atomic E-state index is 13.3. The smallest absolute Gasteiger partial charge is 0.321 e. The van der Waals surface area contributed by atoms with Gasteiger partial charge in [-0.2, -0.15) is 0 Å². The van der Waals surface area contributed by atoms with E-state index in [1.807, 2.05) is 11.8 Å². The van der Waals surface area contributed by atoms with Gasteiger partial charge < -0.3 is 10.2 Å². The first-order chi connectivity index (χ1) is 10.6. The highest BCUT2D eigenvalue weighted by Crippen LogP contribution is 2.27. The Morgan fingerprint density at radius 3 is 2.95 bits per heavy atom. The van der Waals surface area contributed by atoms with Gasteiger partial charge in [-0.25, -0.2) is 9.18 Å². The number of urea groups is 1. The number of imide groups is 1. The van der Waals surface area contributed by atoms with Crippen LogP contribution in [0.4, 0.5) is 14.9 Å². The van der Waals surface area contributed by atoms with Crippen LogP contribution in [0.1, 0.15) is 31.7 Å². The van der Waals surface area contributed by atoms with Crippen LogP contribution in [-0.4, -0.2) is 31.6 Å². The fourth-order valence-corrected chi connectivity index (χ4v) is 2.57. The van der Waals surface area contributed by atoms with Gasteiger partial charge in [-0.05, 0) is 43.0 Å². The first kappa shape index (κ1) is 16.3. The Bertz CT molecular complexity index is 548. The Balaban J connectivity index is 1.89. The van der Waals surface area contributed by atoms with E-state index in [1.165, 1.54) is 12.1 Å². The Morgan fingerprint density at radius 1 is 1.36 bits per heavy atom. The molecule has 5 nitrogen and oxygen atoms in total. The molecule has 1 aliphatic heterocycles. The second-order valence-corrected chi connectivity index (χ2v) is 5.46. The third-order valence-electron chi connectivity index (χ3n) is 3.66. The summed E-state index contributed by atoms with van der Waals surface area (Å²) in [6.07, 6.45) is 3.54. The standard InChI is InChI=1S/C16H22FN3O2/c1-2-3-8-18-16(22)19-15(21)11-20-9-4-5-12-10-13(17)6-7-14(12)20/h6-7,10H,2-5,8-9,11H2,1H3,(H2,18,19,21,22). The molecule has 1 aromatic carbocycles. The summed E-state index contributed by atoms with van der Waals surface area (Å²) in [5, 5.41) is 4.96. The van der Waals surface area contributed by atoms with Crippen molar-refractivity contribution in [3.05, 3.63) is 29.6 Å². The lowest BCUT2D eigenvalue weighted by atomic mass is 10.0. The molecule has 6 heteroatoms. The molecule has 0 bridgehead atoms. The number of unbranched alkanes of at least 4 members (excludes halogenated alkanes) is 1. The van der Waals surface area contributed by atoms with Crippen molar-refractivity contribution in [3.8, 4) is 0 Å². The number of aryl methyl sites for hydroxylation is 1. The van der Waals surface area contributed by atoms with Gasteiger partial charge in [0.25, 0.3) is 0 Å². The second kappa shape index (κ2) is 7.77. The number of fused-ring (bicyclic) bond motifs is 1. The maximum absolute atomic E-state index is 13.3. The van der Waals surface area contributed by atoms with E-state index in [0.717, 1.165) is 43.5 Å². The molecule has 0 aromatic heterocycles. The number of nitrogens with zero attached hydrogens (tertiary/aromatic N) is 1. The number of amides is 3. The predicted octanol–water partition coefficient (Wildman–Crippen LogP) is 2.20. The van der Waals surface area contributed by atoms with Gasteiger partial charge in [0.15, 0.2) is 0 Å². The van der Waals surface area contributed by atoms with Crippen molar-refractivity contribution in [2.24, 2.45) is 0 Å². The van der Waals surface area contributed by atoms with Crippen LogP contribution < -0.4 is 15.5 Å². The SMILES string of the molecule is CCCCNC(=O)NC(=O)CN1CCCc2cc(F)ccc21. The molecule has 0 spiro atoms. The summed E-state index contributed by atoms with van der Waals surface area (Å²) in [5.74, 6) is -0.619.